The van der Waals surface area contributed by atoms with Crippen LogP contribution >= 0.6 is 0 Å². The molecule has 3 unspecified atom stereocenters. The second-order valence-electron chi connectivity index (χ2n) is 5.74. The van der Waals surface area contributed by atoms with E-state index < -0.39 is 0 Å². The third-order valence-corrected chi connectivity index (χ3v) is 4.42. The van der Waals surface area contributed by atoms with Gasteiger partial charge in [-0.1, -0.05) is 33.1 Å². The van der Waals surface area contributed by atoms with Gasteiger partial charge in [0, 0.05) is 12.1 Å². The third kappa shape index (κ3) is 3.21. The summed E-state index contributed by atoms with van der Waals surface area (Å²) in [6, 6.07) is 1.65. The molecule has 1 nitrogen and oxygen atoms in total. The van der Waals surface area contributed by atoms with Crippen molar-refractivity contribution in [3.8, 4) is 0 Å². The number of nitrogens with one attached hydrogen (secondary N) is 1. The first-order valence-corrected chi connectivity index (χ1v) is 7.07. The molecule has 2 fully saturated rings. The lowest BCUT2D eigenvalue weighted by atomic mass is 9.95. The van der Waals surface area contributed by atoms with Crippen molar-refractivity contribution in [2.24, 2.45) is 11.8 Å². The van der Waals surface area contributed by atoms with Gasteiger partial charge in [0.25, 0.3) is 0 Å². The first-order valence-electron chi connectivity index (χ1n) is 7.07. The molecule has 2 aliphatic rings. The zero-order chi connectivity index (χ0) is 10.7. The normalized spacial score (nSPS) is 34.8. The van der Waals surface area contributed by atoms with E-state index in [2.05, 4.69) is 19.2 Å². The maximum atomic E-state index is 3.96. The van der Waals surface area contributed by atoms with Gasteiger partial charge in [0.2, 0.25) is 0 Å². The maximum Gasteiger partial charge on any atom is 0.00954 e. The Bertz CT molecular complexity index is 186. The van der Waals surface area contributed by atoms with Crippen LogP contribution in [-0.4, -0.2) is 12.1 Å². The first-order chi connectivity index (χ1) is 7.31. The largest absolute Gasteiger partial charge is 0.311 e. The molecule has 2 aliphatic carbocycles. The van der Waals surface area contributed by atoms with Gasteiger partial charge in [-0.3, -0.25) is 0 Å². The Hall–Kier alpha value is -0.0400. The standard InChI is InChI=1S/C14H27N/c1-3-13(12-9-10-12)15-14-8-6-4-5-7-11(14)2/h11-15H,3-10H2,1-2H3. The van der Waals surface area contributed by atoms with Crippen molar-refractivity contribution in [1.82, 2.24) is 5.32 Å². The molecule has 0 heterocycles. The van der Waals surface area contributed by atoms with E-state index in [1.807, 2.05) is 0 Å². The topological polar surface area (TPSA) is 12.0 Å². The van der Waals surface area contributed by atoms with E-state index in [4.69, 9.17) is 0 Å². The summed E-state index contributed by atoms with van der Waals surface area (Å²) in [4.78, 5) is 0. The monoisotopic (exact) mass is 209 g/mol. The van der Waals surface area contributed by atoms with Crippen LogP contribution in [0.1, 0.15) is 65.2 Å². The van der Waals surface area contributed by atoms with Crippen LogP contribution < -0.4 is 5.32 Å². The fourth-order valence-electron chi connectivity index (χ4n) is 3.10. The van der Waals surface area contributed by atoms with Gasteiger partial charge in [0.15, 0.2) is 0 Å². The predicted octanol–water partition coefficient (Wildman–Crippen LogP) is 3.73. The highest BCUT2D eigenvalue weighted by Gasteiger charge is 2.32. The molecule has 0 aliphatic heterocycles. The van der Waals surface area contributed by atoms with Crippen molar-refractivity contribution in [3.05, 3.63) is 0 Å². The van der Waals surface area contributed by atoms with Crippen LogP contribution in [0.5, 0.6) is 0 Å². The molecule has 2 saturated carbocycles. The average Bonchev–Trinajstić information content (AvgIpc) is 3.04. The van der Waals surface area contributed by atoms with E-state index in [9.17, 15) is 0 Å². The summed E-state index contributed by atoms with van der Waals surface area (Å²) >= 11 is 0. The summed E-state index contributed by atoms with van der Waals surface area (Å²) in [6.45, 7) is 4.79. The smallest absolute Gasteiger partial charge is 0.00954 e. The van der Waals surface area contributed by atoms with Crippen LogP contribution in [0.2, 0.25) is 0 Å². The molecule has 0 bridgehead atoms. The minimum Gasteiger partial charge on any atom is -0.311 e. The highest BCUT2D eigenvalue weighted by molar-refractivity contribution is 4.89. The van der Waals surface area contributed by atoms with Gasteiger partial charge in [0.05, 0.1) is 0 Å². The van der Waals surface area contributed by atoms with Crippen LogP contribution in [0, 0.1) is 11.8 Å². The highest BCUT2D eigenvalue weighted by atomic mass is 15.0. The van der Waals surface area contributed by atoms with E-state index in [1.165, 1.54) is 51.4 Å². The summed E-state index contributed by atoms with van der Waals surface area (Å²) in [5.74, 6) is 1.92. The molecule has 3 atom stereocenters. The predicted molar refractivity (Wildman–Crippen MR) is 66.0 cm³/mol. The summed E-state index contributed by atoms with van der Waals surface area (Å²) in [5, 5.41) is 3.96. The lowest BCUT2D eigenvalue weighted by Gasteiger charge is -2.28. The fraction of sp³-hybridized carbons (Fsp3) is 1.00. The Morgan fingerprint density at radius 2 is 1.80 bits per heavy atom. The lowest BCUT2D eigenvalue weighted by Crippen LogP contribution is -2.42. The molecule has 2 rings (SSSR count). The van der Waals surface area contributed by atoms with E-state index in [1.54, 1.807) is 0 Å². The van der Waals surface area contributed by atoms with Gasteiger partial charge in [0.1, 0.15) is 0 Å². The molecule has 88 valence electrons. The highest BCUT2D eigenvalue weighted by Crippen LogP contribution is 2.35. The van der Waals surface area contributed by atoms with Crippen molar-refractivity contribution in [3.63, 3.8) is 0 Å². The molecule has 0 aromatic carbocycles. The lowest BCUT2D eigenvalue weighted by molar-refractivity contribution is 0.299. The molecular formula is C14H27N. The van der Waals surface area contributed by atoms with Crippen molar-refractivity contribution >= 4 is 0 Å². The summed E-state index contributed by atoms with van der Waals surface area (Å²) in [7, 11) is 0. The minimum atomic E-state index is 0.818. The fourth-order valence-corrected chi connectivity index (χ4v) is 3.10. The summed E-state index contributed by atoms with van der Waals surface area (Å²) in [5.41, 5.74) is 0. The van der Waals surface area contributed by atoms with Gasteiger partial charge in [-0.25, -0.2) is 0 Å². The average molecular weight is 209 g/mol. The second kappa shape index (κ2) is 5.34. The second-order valence-corrected chi connectivity index (χ2v) is 5.74. The van der Waals surface area contributed by atoms with Crippen molar-refractivity contribution in [1.29, 1.82) is 0 Å². The molecule has 0 amide bonds. The Kier molecular flexibility index (Phi) is 4.07. The zero-order valence-electron chi connectivity index (χ0n) is 10.5. The molecule has 0 radical (unpaired) electrons. The minimum absolute atomic E-state index is 0.818. The van der Waals surface area contributed by atoms with Gasteiger partial charge in [-0.15, -0.1) is 0 Å². The Balaban J connectivity index is 1.84. The van der Waals surface area contributed by atoms with Crippen LogP contribution in [0.3, 0.4) is 0 Å². The van der Waals surface area contributed by atoms with Gasteiger partial charge in [-0.2, -0.15) is 0 Å². The van der Waals surface area contributed by atoms with E-state index in [0.717, 1.165) is 23.9 Å². The number of hydrogen-bond acceptors (Lipinski definition) is 1. The van der Waals surface area contributed by atoms with Crippen LogP contribution in [0.15, 0.2) is 0 Å². The molecule has 0 spiro atoms. The molecule has 15 heavy (non-hydrogen) atoms. The Labute approximate surface area is 95.0 Å². The molecule has 0 aromatic heterocycles. The van der Waals surface area contributed by atoms with Crippen molar-refractivity contribution in [2.75, 3.05) is 0 Å². The van der Waals surface area contributed by atoms with Crippen molar-refractivity contribution in [2.45, 2.75) is 77.3 Å². The molecular weight excluding hydrogens is 182 g/mol. The van der Waals surface area contributed by atoms with E-state index in [0.29, 0.717) is 0 Å². The van der Waals surface area contributed by atoms with Crippen molar-refractivity contribution < 1.29 is 0 Å². The van der Waals surface area contributed by atoms with Crippen LogP contribution in [-0.2, 0) is 0 Å². The van der Waals surface area contributed by atoms with Gasteiger partial charge < -0.3 is 5.32 Å². The van der Waals surface area contributed by atoms with Gasteiger partial charge >= 0.3 is 0 Å². The van der Waals surface area contributed by atoms with Gasteiger partial charge in [-0.05, 0) is 43.9 Å². The summed E-state index contributed by atoms with van der Waals surface area (Å²) < 4.78 is 0. The Morgan fingerprint density at radius 1 is 1.07 bits per heavy atom. The third-order valence-electron chi connectivity index (χ3n) is 4.42. The summed E-state index contributed by atoms with van der Waals surface area (Å²) in [6.07, 6.45) is 11.5. The van der Waals surface area contributed by atoms with E-state index in [-0.39, 0.29) is 0 Å². The van der Waals surface area contributed by atoms with Crippen LogP contribution in [0.4, 0.5) is 0 Å². The van der Waals surface area contributed by atoms with E-state index >= 15 is 0 Å². The maximum absolute atomic E-state index is 3.96. The SMILES string of the molecule is CCC(NC1CCCCCC1C)C1CC1. The molecule has 0 saturated heterocycles. The first kappa shape index (κ1) is 11.4. The zero-order valence-corrected chi connectivity index (χ0v) is 10.5. The quantitative estimate of drug-likeness (QED) is 0.696. The molecule has 1 N–H and O–H groups in total. The Morgan fingerprint density at radius 3 is 2.47 bits per heavy atom. The van der Waals surface area contributed by atoms with Crippen LogP contribution in [0.25, 0.3) is 0 Å². The number of rotatable bonds is 4. The molecule has 1 heteroatoms. The number of hydrogen-bond donors (Lipinski definition) is 1. The molecule has 0 aromatic rings.